The molecule has 0 spiro atoms. The zero-order chi connectivity index (χ0) is 48.6. The highest BCUT2D eigenvalue weighted by Gasteiger charge is 2.18. The second-order valence-corrected chi connectivity index (χ2v) is 20.3. The summed E-state index contributed by atoms with van der Waals surface area (Å²) in [6.45, 7) is 4.88. The van der Waals surface area contributed by atoms with Gasteiger partial charge in [-0.1, -0.05) is 256 Å². The van der Waals surface area contributed by atoms with Gasteiger partial charge in [-0.15, -0.1) is 0 Å². The van der Waals surface area contributed by atoms with Crippen molar-refractivity contribution < 1.29 is 24.5 Å². The smallest absolute Gasteiger partial charge is 0.305 e. The van der Waals surface area contributed by atoms with E-state index in [9.17, 15) is 19.8 Å². The van der Waals surface area contributed by atoms with Gasteiger partial charge in [-0.05, 0) is 83.5 Å². The maximum Gasteiger partial charge on any atom is 0.305 e. The van der Waals surface area contributed by atoms with Crippen LogP contribution in [0.25, 0.3) is 0 Å². The molecule has 2 atom stereocenters. The zero-order valence-corrected chi connectivity index (χ0v) is 44.9. The summed E-state index contributed by atoms with van der Waals surface area (Å²) in [7, 11) is 0. The average Bonchev–Trinajstić information content (AvgIpc) is 3.33. The maximum atomic E-state index is 12.4. The lowest BCUT2D eigenvalue weighted by Crippen LogP contribution is -2.45. The van der Waals surface area contributed by atoms with Gasteiger partial charge in [-0.2, -0.15) is 0 Å². The van der Waals surface area contributed by atoms with Crippen LogP contribution in [0.2, 0.25) is 0 Å². The highest BCUT2D eigenvalue weighted by Crippen LogP contribution is 2.16. The van der Waals surface area contributed by atoms with Crippen LogP contribution in [0, 0.1) is 0 Å². The Morgan fingerprint density at radius 1 is 0.403 bits per heavy atom. The molecule has 0 aromatic heterocycles. The number of nitrogens with one attached hydrogen (secondary N) is 1. The van der Waals surface area contributed by atoms with Gasteiger partial charge in [-0.25, -0.2) is 0 Å². The van der Waals surface area contributed by atoms with Crippen LogP contribution in [0.4, 0.5) is 0 Å². The number of carbonyl (C=O) groups is 2. The molecular weight excluding hydrogens is 827 g/mol. The second-order valence-electron chi connectivity index (χ2n) is 20.3. The Morgan fingerprint density at radius 3 is 1.07 bits per heavy atom. The minimum Gasteiger partial charge on any atom is -0.466 e. The van der Waals surface area contributed by atoms with Gasteiger partial charge in [0, 0.05) is 12.8 Å². The van der Waals surface area contributed by atoms with Crippen LogP contribution in [-0.2, 0) is 14.3 Å². The molecule has 6 nitrogen and oxygen atoms in total. The molecule has 0 radical (unpaired) electrons. The lowest BCUT2D eigenvalue weighted by Gasteiger charge is -2.20. The number of unbranched alkanes of at least 4 members (excludes halogenated alkanes) is 40. The Bertz CT molecular complexity index is 1090. The van der Waals surface area contributed by atoms with Crippen molar-refractivity contribution in [2.24, 2.45) is 0 Å². The third-order valence-corrected chi connectivity index (χ3v) is 13.6. The van der Waals surface area contributed by atoms with Gasteiger partial charge in [0.05, 0.1) is 25.4 Å². The second kappa shape index (κ2) is 56.7. The van der Waals surface area contributed by atoms with Crippen molar-refractivity contribution in [3.05, 3.63) is 36.5 Å². The molecule has 0 aliphatic carbocycles. The number of hydrogen-bond donors (Lipinski definition) is 3. The van der Waals surface area contributed by atoms with E-state index in [1.807, 2.05) is 6.08 Å². The van der Waals surface area contributed by atoms with Crippen LogP contribution < -0.4 is 5.32 Å². The van der Waals surface area contributed by atoms with E-state index in [2.05, 4.69) is 43.5 Å². The predicted molar refractivity (Wildman–Crippen MR) is 292 cm³/mol. The van der Waals surface area contributed by atoms with Crippen molar-refractivity contribution in [1.82, 2.24) is 5.32 Å². The number of hydrogen-bond acceptors (Lipinski definition) is 5. The summed E-state index contributed by atoms with van der Waals surface area (Å²) in [5, 5.41) is 23.0. The molecule has 394 valence electrons. The summed E-state index contributed by atoms with van der Waals surface area (Å²) >= 11 is 0. The van der Waals surface area contributed by atoms with Crippen molar-refractivity contribution >= 4 is 11.9 Å². The molecule has 6 heteroatoms. The number of aliphatic hydroxyl groups excluding tert-OH is 2. The van der Waals surface area contributed by atoms with E-state index in [1.54, 1.807) is 6.08 Å². The van der Waals surface area contributed by atoms with Gasteiger partial charge in [0.1, 0.15) is 0 Å². The van der Waals surface area contributed by atoms with Gasteiger partial charge in [0.25, 0.3) is 0 Å². The van der Waals surface area contributed by atoms with E-state index in [-0.39, 0.29) is 18.5 Å². The summed E-state index contributed by atoms with van der Waals surface area (Å²) < 4.78 is 5.47. The maximum absolute atomic E-state index is 12.4. The molecule has 0 saturated carbocycles. The number of rotatable bonds is 55. The first-order chi connectivity index (χ1) is 33.0. The summed E-state index contributed by atoms with van der Waals surface area (Å²) in [4.78, 5) is 24.4. The van der Waals surface area contributed by atoms with Gasteiger partial charge in [0.2, 0.25) is 5.91 Å². The quantitative estimate of drug-likeness (QED) is 0.0321. The molecular formula is C61H115NO5. The first-order valence-corrected chi connectivity index (χ1v) is 29.8. The third-order valence-electron chi connectivity index (χ3n) is 13.6. The van der Waals surface area contributed by atoms with E-state index >= 15 is 0 Å². The summed E-state index contributed by atoms with van der Waals surface area (Å²) in [5.74, 6) is -0.0667. The molecule has 0 aliphatic rings. The third kappa shape index (κ3) is 53.3. The Hall–Kier alpha value is -1.92. The molecule has 0 aromatic rings. The summed E-state index contributed by atoms with van der Waals surface area (Å²) in [6, 6.07) is -0.628. The van der Waals surface area contributed by atoms with Crippen LogP contribution in [0.15, 0.2) is 36.5 Å². The lowest BCUT2D eigenvalue weighted by molar-refractivity contribution is -0.143. The standard InChI is InChI=1S/C61H115NO5/c1-3-5-7-9-11-13-15-30-35-39-43-47-51-55-61(66)67-56-52-48-44-40-36-32-29-27-25-23-21-19-17-16-18-20-22-24-26-28-31-34-38-42-46-50-54-60(65)62-58(57-63)59(64)53-49-45-41-37-33-14-12-10-8-6-4-2/h13,15-16,18,49,53,58-59,63-64H,3-12,14,17,19-48,50-52,54-57H2,1-2H3,(H,62,65)/b15-13-,18-16-,53-49+. The minimum atomic E-state index is -0.844. The van der Waals surface area contributed by atoms with Crippen molar-refractivity contribution in [3.63, 3.8) is 0 Å². The van der Waals surface area contributed by atoms with Crippen LogP contribution >= 0.6 is 0 Å². The molecule has 0 bridgehead atoms. The van der Waals surface area contributed by atoms with Gasteiger partial charge in [-0.3, -0.25) is 9.59 Å². The lowest BCUT2D eigenvalue weighted by atomic mass is 10.0. The molecule has 0 aromatic carbocycles. The van der Waals surface area contributed by atoms with Crippen molar-refractivity contribution in [3.8, 4) is 0 Å². The molecule has 0 rings (SSSR count). The van der Waals surface area contributed by atoms with E-state index in [0.717, 1.165) is 44.9 Å². The normalized spacial score (nSPS) is 12.8. The number of esters is 1. The molecule has 3 N–H and O–H groups in total. The predicted octanol–water partition coefficient (Wildman–Crippen LogP) is 18.4. The van der Waals surface area contributed by atoms with Crippen molar-refractivity contribution in [2.45, 2.75) is 328 Å². The van der Waals surface area contributed by atoms with Crippen LogP contribution in [0.5, 0.6) is 0 Å². The fraction of sp³-hybridized carbons (Fsp3) is 0.869. The van der Waals surface area contributed by atoms with Crippen LogP contribution in [-0.4, -0.2) is 47.4 Å². The SMILES string of the molecule is CCCCCC/C=C\CCCCCCCC(=O)OCCCCCCCCCCCCCC/C=C\CCCCCCCCCCCCC(=O)NC(CO)C(O)/C=C/CCCCCCCCCCC. The fourth-order valence-corrected chi connectivity index (χ4v) is 9.03. The highest BCUT2D eigenvalue weighted by atomic mass is 16.5. The summed E-state index contributed by atoms with van der Waals surface area (Å²) in [6.07, 6.45) is 70.4. The topological polar surface area (TPSA) is 95.9 Å². The van der Waals surface area contributed by atoms with E-state index in [1.165, 1.54) is 244 Å². The average molecular weight is 943 g/mol. The van der Waals surface area contributed by atoms with E-state index < -0.39 is 12.1 Å². The van der Waals surface area contributed by atoms with E-state index in [0.29, 0.717) is 19.4 Å². The summed E-state index contributed by atoms with van der Waals surface area (Å²) in [5.41, 5.74) is 0. The molecule has 0 heterocycles. The molecule has 0 aliphatic heterocycles. The van der Waals surface area contributed by atoms with Gasteiger partial charge in [0.15, 0.2) is 0 Å². The number of ether oxygens (including phenoxy) is 1. The number of aliphatic hydroxyl groups is 2. The minimum absolute atomic E-state index is 0.00429. The van der Waals surface area contributed by atoms with Gasteiger partial charge >= 0.3 is 5.97 Å². The molecule has 0 fully saturated rings. The van der Waals surface area contributed by atoms with Crippen LogP contribution in [0.1, 0.15) is 316 Å². The number of amides is 1. The number of carbonyl (C=O) groups excluding carboxylic acids is 2. The first-order valence-electron chi connectivity index (χ1n) is 29.8. The molecule has 0 saturated heterocycles. The van der Waals surface area contributed by atoms with Gasteiger partial charge < -0.3 is 20.3 Å². The van der Waals surface area contributed by atoms with E-state index in [4.69, 9.17) is 4.74 Å². The fourth-order valence-electron chi connectivity index (χ4n) is 9.03. The Morgan fingerprint density at radius 2 is 0.701 bits per heavy atom. The van der Waals surface area contributed by atoms with Crippen LogP contribution in [0.3, 0.4) is 0 Å². The Kier molecular flexibility index (Phi) is 55.0. The zero-order valence-electron chi connectivity index (χ0n) is 44.9. The Labute approximate surface area is 417 Å². The molecule has 2 unspecified atom stereocenters. The Balaban J connectivity index is 3.39. The first kappa shape index (κ1) is 65.1. The monoisotopic (exact) mass is 942 g/mol. The largest absolute Gasteiger partial charge is 0.466 e. The molecule has 67 heavy (non-hydrogen) atoms. The number of allylic oxidation sites excluding steroid dienone is 5. The van der Waals surface area contributed by atoms with Crippen molar-refractivity contribution in [1.29, 1.82) is 0 Å². The molecule has 1 amide bonds. The highest BCUT2D eigenvalue weighted by molar-refractivity contribution is 5.76. The van der Waals surface area contributed by atoms with Crippen molar-refractivity contribution in [2.75, 3.05) is 13.2 Å².